The Morgan fingerprint density at radius 3 is 2.92 bits per heavy atom. The van der Waals surface area contributed by atoms with Crippen molar-refractivity contribution in [2.24, 2.45) is 5.92 Å². The number of nitrogens with zero attached hydrogens (tertiary/aromatic N) is 4. The third-order valence-corrected chi connectivity index (χ3v) is 4.74. The number of benzene rings is 1. The lowest BCUT2D eigenvalue weighted by Gasteiger charge is -2.13. The Hall–Kier alpha value is -2.47. The fraction of sp³-hybridized carbons (Fsp3) is 0.421. The van der Waals surface area contributed by atoms with E-state index in [1.807, 2.05) is 29.2 Å². The van der Waals surface area contributed by atoms with Gasteiger partial charge in [0, 0.05) is 36.5 Å². The zero-order valence-electron chi connectivity index (χ0n) is 14.3. The Morgan fingerprint density at radius 2 is 2.04 bits per heavy atom. The van der Waals surface area contributed by atoms with Gasteiger partial charge in [-0.2, -0.15) is 4.98 Å². The number of hydrogen-bond acceptors (Lipinski definition) is 6. The Labute approximate surface area is 146 Å². The van der Waals surface area contributed by atoms with Crippen LogP contribution < -0.4 is 4.90 Å². The lowest BCUT2D eigenvalue weighted by atomic mass is 9.99. The van der Waals surface area contributed by atoms with Gasteiger partial charge in [0.25, 0.3) is 5.95 Å². The molecule has 130 valence electrons. The van der Waals surface area contributed by atoms with Crippen molar-refractivity contribution in [2.75, 3.05) is 18.0 Å². The Balaban J connectivity index is 1.46. The van der Waals surface area contributed by atoms with Gasteiger partial charge in [-0.15, -0.1) is 0 Å². The molecule has 0 saturated carbocycles. The molecule has 1 N–H and O–H groups in total. The summed E-state index contributed by atoms with van der Waals surface area (Å²) in [5.41, 5.74) is 2.00. The van der Waals surface area contributed by atoms with Crippen molar-refractivity contribution >= 4 is 16.9 Å². The maximum absolute atomic E-state index is 10.4. The molecule has 25 heavy (non-hydrogen) atoms. The minimum Gasteiger partial charge on any atom is -0.391 e. The van der Waals surface area contributed by atoms with Crippen molar-refractivity contribution in [3.63, 3.8) is 0 Å². The number of pyridine rings is 1. The average Bonchev–Trinajstić information content (AvgIpc) is 3.22. The first-order valence-electron chi connectivity index (χ1n) is 8.83. The summed E-state index contributed by atoms with van der Waals surface area (Å²) in [5.74, 6) is 1.35. The highest BCUT2D eigenvalue weighted by atomic mass is 16.5. The van der Waals surface area contributed by atoms with E-state index < -0.39 is 6.10 Å². The van der Waals surface area contributed by atoms with Crippen LogP contribution in [0, 0.1) is 5.92 Å². The zero-order chi connectivity index (χ0) is 17.2. The highest BCUT2D eigenvalue weighted by Crippen LogP contribution is 2.25. The molecule has 3 heterocycles. The maximum Gasteiger partial charge on any atom is 0.266 e. The predicted octanol–water partition coefficient (Wildman–Crippen LogP) is 2.61. The highest BCUT2D eigenvalue weighted by Gasteiger charge is 2.33. The summed E-state index contributed by atoms with van der Waals surface area (Å²) in [4.78, 5) is 11.1. The molecule has 2 aromatic heterocycles. The number of aromatic nitrogens is 3. The molecule has 0 unspecified atom stereocenters. The van der Waals surface area contributed by atoms with Crippen LogP contribution in [-0.4, -0.2) is 39.4 Å². The van der Waals surface area contributed by atoms with E-state index in [1.165, 1.54) is 0 Å². The Kier molecular flexibility index (Phi) is 4.36. The monoisotopic (exact) mass is 338 g/mol. The smallest absolute Gasteiger partial charge is 0.266 e. The number of β-amino-alcohol motifs (C(OH)–C–C–N with tert-alkyl or cyclic N) is 1. The van der Waals surface area contributed by atoms with Gasteiger partial charge >= 0.3 is 0 Å². The summed E-state index contributed by atoms with van der Waals surface area (Å²) in [7, 11) is 0. The van der Waals surface area contributed by atoms with Crippen LogP contribution in [0.5, 0.6) is 0 Å². The molecule has 0 radical (unpaired) electrons. The molecule has 6 heteroatoms. The molecule has 1 saturated heterocycles. The number of hydrogen-bond donors (Lipinski definition) is 1. The first kappa shape index (κ1) is 16.0. The number of para-hydroxylation sites is 1. The van der Waals surface area contributed by atoms with E-state index in [1.54, 1.807) is 0 Å². The average molecular weight is 338 g/mol. The third-order valence-electron chi connectivity index (χ3n) is 4.74. The van der Waals surface area contributed by atoms with Gasteiger partial charge in [-0.05, 0) is 30.1 Å². The molecule has 1 fully saturated rings. The molecule has 6 nitrogen and oxygen atoms in total. The second kappa shape index (κ2) is 6.80. The van der Waals surface area contributed by atoms with Crippen LogP contribution in [0.1, 0.15) is 24.9 Å². The highest BCUT2D eigenvalue weighted by molar-refractivity contribution is 5.78. The van der Waals surface area contributed by atoms with Gasteiger partial charge in [-0.3, -0.25) is 4.98 Å². The van der Waals surface area contributed by atoms with E-state index >= 15 is 0 Å². The summed E-state index contributed by atoms with van der Waals surface area (Å²) >= 11 is 0. The van der Waals surface area contributed by atoms with Crippen LogP contribution in [-0.2, 0) is 12.8 Å². The molecule has 2 atom stereocenters. The number of anilines is 1. The van der Waals surface area contributed by atoms with Crippen molar-refractivity contribution in [1.29, 1.82) is 0 Å². The van der Waals surface area contributed by atoms with Crippen molar-refractivity contribution < 1.29 is 9.63 Å². The molecular weight excluding hydrogens is 316 g/mol. The van der Waals surface area contributed by atoms with Gasteiger partial charge in [0.05, 0.1) is 11.6 Å². The summed E-state index contributed by atoms with van der Waals surface area (Å²) in [5, 5.41) is 15.6. The van der Waals surface area contributed by atoms with Gasteiger partial charge in [0.15, 0.2) is 0 Å². The van der Waals surface area contributed by atoms with Crippen LogP contribution >= 0.6 is 0 Å². The van der Waals surface area contributed by atoms with E-state index in [9.17, 15) is 5.11 Å². The first-order valence-corrected chi connectivity index (χ1v) is 8.83. The number of fused-ring (bicyclic) bond motifs is 1. The van der Waals surface area contributed by atoms with Crippen LogP contribution in [0.15, 0.2) is 40.9 Å². The fourth-order valence-electron chi connectivity index (χ4n) is 3.40. The predicted molar refractivity (Wildman–Crippen MR) is 95.4 cm³/mol. The van der Waals surface area contributed by atoms with E-state index in [2.05, 4.69) is 29.2 Å². The quantitative estimate of drug-likeness (QED) is 0.771. The minimum atomic E-state index is -0.415. The number of aliphatic hydroxyl groups is 1. The summed E-state index contributed by atoms with van der Waals surface area (Å²) in [6.07, 6.45) is 2.08. The SMILES string of the molecule is CCCc1nc(N2C[C@@H](Cc3ccc4ccccc4n3)[C@H](O)C2)no1. The topological polar surface area (TPSA) is 75.3 Å². The molecule has 0 bridgehead atoms. The molecule has 1 aromatic carbocycles. The van der Waals surface area contributed by atoms with E-state index in [0.29, 0.717) is 24.9 Å². The van der Waals surface area contributed by atoms with Crippen LogP contribution in [0.25, 0.3) is 10.9 Å². The van der Waals surface area contributed by atoms with Crippen molar-refractivity contribution in [3.8, 4) is 0 Å². The van der Waals surface area contributed by atoms with Crippen molar-refractivity contribution in [3.05, 3.63) is 48.0 Å². The van der Waals surface area contributed by atoms with Gasteiger partial charge in [-0.25, -0.2) is 0 Å². The van der Waals surface area contributed by atoms with Gasteiger partial charge < -0.3 is 14.5 Å². The molecule has 4 rings (SSSR count). The molecule has 3 aromatic rings. The van der Waals surface area contributed by atoms with Crippen LogP contribution in [0.2, 0.25) is 0 Å². The zero-order valence-corrected chi connectivity index (χ0v) is 14.3. The third kappa shape index (κ3) is 3.35. The largest absolute Gasteiger partial charge is 0.391 e. The van der Waals surface area contributed by atoms with E-state index in [0.717, 1.165) is 35.9 Å². The second-order valence-corrected chi connectivity index (χ2v) is 6.67. The summed E-state index contributed by atoms with van der Waals surface area (Å²) < 4.78 is 5.26. The van der Waals surface area contributed by atoms with Gasteiger partial charge in [0.1, 0.15) is 0 Å². The van der Waals surface area contributed by atoms with Crippen LogP contribution in [0.4, 0.5) is 5.95 Å². The molecule has 0 spiro atoms. The normalized spacial score (nSPS) is 20.5. The molecule has 0 aliphatic carbocycles. The molecule has 1 aliphatic rings. The van der Waals surface area contributed by atoms with Gasteiger partial charge in [0.2, 0.25) is 5.89 Å². The van der Waals surface area contributed by atoms with Gasteiger partial charge in [-0.1, -0.05) is 31.2 Å². The van der Waals surface area contributed by atoms with Crippen molar-refractivity contribution in [1.82, 2.24) is 15.1 Å². The molecule has 1 aliphatic heterocycles. The molecular formula is C19H22N4O2. The lowest BCUT2D eigenvalue weighted by Crippen LogP contribution is -2.22. The standard InChI is InChI=1S/C19H22N4O2/c1-2-5-18-21-19(22-25-18)23-11-14(17(24)12-23)10-15-9-8-13-6-3-4-7-16(13)20-15/h3-4,6-9,14,17,24H,2,5,10-12H2,1H3/t14-,17-/m1/s1. The van der Waals surface area contributed by atoms with Crippen molar-refractivity contribution in [2.45, 2.75) is 32.3 Å². The first-order chi connectivity index (χ1) is 12.2. The Morgan fingerprint density at radius 1 is 1.16 bits per heavy atom. The maximum atomic E-state index is 10.4. The lowest BCUT2D eigenvalue weighted by molar-refractivity contribution is 0.148. The Bertz CT molecular complexity index is 863. The fourth-order valence-corrected chi connectivity index (χ4v) is 3.40. The van der Waals surface area contributed by atoms with Crippen LogP contribution in [0.3, 0.4) is 0 Å². The number of aryl methyl sites for hydroxylation is 1. The number of aliphatic hydroxyl groups excluding tert-OH is 1. The second-order valence-electron chi connectivity index (χ2n) is 6.67. The van der Waals surface area contributed by atoms with E-state index in [-0.39, 0.29) is 5.92 Å². The van der Waals surface area contributed by atoms with E-state index in [4.69, 9.17) is 9.51 Å². The summed E-state index contributed by atoms with van der Waals surface area (Å²) in [6, 6.07) is 12.2. The summed E-state index contributed by atoms with van der Waals surface area (Å²) in [6.45, 7) is 3.32. The minimum absolute atomic E-state index is 0.113. The number of rotatable bonds is 5. The molecule has 0 amide bonds.